The number of β-lactam (4-membered cyclic amide) rings is 1. The van der Waals surface area contributed by atoms with Crippen LogP contribution in [0.25, 0.3) is 0 Å². The third-order valence-electron chi connectivity index (χ3n) is 5.28. The molecule has 0 N–H and O–H groups in total. The normalized spacial score (nSPS) is 25.8. The molecule has 0 unspecified atom stereocenters. The largest absolute Gasteiger partial charge is 0.429 e. The van der Waals surface area contributed by atoms with Crippen molar-refractivity contribution in [1.29, 1.82) is 0 Å². The molecule has 6 heteroatoms. The Morgan fingerprint density at radius 1 is 0.793 bits per heavy atom. The van der Waals surface area contributed by atoms with E-state index in [1.807, 2.05) is 72.8 Å². The predicted molar refractivity (Wildman–Crippen MR) is 110 cm³/mol. The van der Waals surface area contributed by atoms with Gasteiger partial charge in [0.2, 0.25) is 6.29 Å². The molecular weight excluding hydrogens is 434 g/mol. The van der Waals surface area contributed by atoms with E-state index >= 15 is 0 Å². The lowest BCUT2D eigenvalue weighted by molar-refractivity contribution is -0.168. The molecule has 3 aromatic rings. The van der Waals surface area contributed by atoms with E-state index in [1.165, 1.54) is 0 Å². The van der Waals surface area contributed by atoms with E-state index in [2.05, 4.69) is 15.9 Å². The highest BCUT2D eigenvalue weighted by molar-refractivity contribution is 9.10. The molecule has 3 atom stereocenters. The molecule has 5 nitrogen and oxygen atoms in total. The van der Waals surface area contributed by atoms with Gasteiger partial charge in [0.25, 0.3) is 11.5 Å². The Hall–Kier alpha value is -2.96. The van der Waals surface area contributed by atoms with Crippen LogP contribution in [-0.4, -0.2) is 17.5 Å². The van der Waals surface area contributed by atoms with Crippen LogP contribution in [0.4, 0.5) is 5.69 Å². The van der Waals surface area contributed by atoms with Gasteiger partial charge >= 0.3 is 5.97 Å². The molecule has 2 heterocycles. The van der Waals surface area contributed by atoms with Gasteiger partial charge in [-0.15, -0.1) is 0 Å². The number of benzene rings is 3. The van der Waals surface area contributed by atoms with E-state index < -0.39 is 29.8 Å². The summed E-state index contributed by atoms with van der Waals surface area (Å²) >= 11 is 3.39. The first-order chi connectivity index (χ1) is 14.1. The van der Waals surface area contributed by atoms with Crippen molar-refractivity contribution in [2.75, 3.05) is 4.90 Å². The number of cyclic esters (lactones) is 1. The molecule has 0 saturated carbocycles. The van der Waals surface area contributed by atoms with Crippen molar-refractivity contribution >= 4 is 33.5 Å². The van der Waals surface area contributed by atoms with Crippen LogP contribution in [0.2, 0.25) is 0 Å². The third-order valence-corrected chi connectivity index (χ3v) is 5.81. The van der Waals surface area contributed by atoms with Gasteiger partial charge in [0.05, 0.1) is 0 Å². The maximum atomic E-state index is 13.3. The molecule has 1 amide bonds. The van der Waals surface area contributed by atoms with Gasteiger partial charge in [-0.25, -0.2) is 4.79 Å². The molecular formula is C23H16BrNO4. The minimum atomic E-state index is -1.69. The zero-order valence-corrected chi connectivity index (χ0v) is 16.8. The number of nitrogens with zero attached hydrogens (tertiary/aromatic N) is 1. The molecule has 144 valence electrons. The number of esters is 1. The van der Waals surface area contributed by atoms with Crippen LogP contribution in [0.15, 0.2) is 89.4 Å². The van der Waals surface area contributed by atoms with Crippen molar-refractivity contribution in [2.24, 2.45) is 0 Å². The standard InChI is InChI=1S/C23H16BrNO4/c24-17-13-11-16(12-14-17)20-28-22(27)23(29-20)19(15-7-3-1-4-8-15)25(21(23)26)18-9-5-2-6-10-18/h1-14,19-20H/t19-,20-,23-/m0/s1. The number of hydrogen-bond donors (Lipinski definition) is 0. The van der Waals surface area contributed by atoms with Crippen LogP contribution in [0.3, 0.4) is 0 Å². The number of ether oxygens (including phenoxy) is 2. The SMILES string of the molecule is O=C1O[C@H](c2ccc(Br)cc2)O[C@@]12C(=O)N(c1ccccc1)[C@H]2c1ccccc1. The van der Waals surface area contributed by atoms with Gasteiger partial charge in [-0.05, 0) is 29.8 Å². The van der Waals surface area contributed by atoms with E-state index in [1.54, 1.807) is 17.0 Å². The van der Waals surface area contributed by atoms with Crippen LogP contribution >= 0.6 is 15.9 Å². The van der Waals surface area contributed by atoms with E-state index in [0.717, 1.165) is 10.0 Å². The Bertz CT molecular complexity index is 1070. The summed E-state index contributed by atoms with van der Waals surface area (Å²) in [6.07, 6.45) is -0.927. The van der Waals surface area contributed by atoms with Crippen LogP contribution in [0.5, 0.6) is 0 Å². The molecule has 1 spiro atoms. The monoisotopic (exact) mass is 449 g/mol. The second-order valence-electron chi connectivity index (χ2n) is 6.97. The van der Waals surface area contributed by atoms with Crippen molar-refractivity contribution in [3.63, 3.8) is 0 Å². The van der Waals surface area contributed by atoms with Crippen LogP contribution in [0.1, 0.15) is 23.5 Å². The Morgan fingerprint density at radius 3 is 2.07 bits per heavy atom. The van der Waals surface area contributed by atoms with Crippen LogP contribution < -0.4 is 4.90 Å². The molecule has 2 aliphatic heterocycles. The molecule has 5 rings (SSSR count). The summed E-state index contributed by atoms with van der Waals surface area (Å²) in [6, 6.07) is 25.4. The lowest BCUT2D eigenvalue weighted by atomic mass is 9.77. The fraction of sp³-hybridized carbons (Fsp3) is 0.130. The van der Waals surface area contributed by atoms with Crippen LogP contribution in [0, 0.1) is 0 Å². The topological polar surface area (TPSA) is 55.8 Å². The highest BCUT2D eigenvalue weighted by atomic mass is 79.9. The molecule has 0 aromatic heterocycles. The van der Waals surface area contributed by atoms with Gasteiger partial charge < -0.3 is 9.47 Å². The Morgan fingerprint density at radius 2 is 1.41 bits per heavy atom. The molecule has 0 bridgehead atoms. The summed E-state index contributed by atoms with van der Waals surface area (Å²) in [6.45, 7) is 0. The van der Waals surface area contributed by atoms with Crippen molar-refractivity contribution in [3.8, 4) is 0 Å². The van der Waals surface area contributed by atoms with E-state index in [-0.39, 0.29) is 0 Å². The van der Waals surface area contributed by atoms with Gasteiger partial charge in [0, 0.05) is 15.7 Å². The molecule has 3 aromatic carbocycles. The number of amides is 1. The highest BCUT2D eigenvalue weighted by Gasteiger charge is 2.73. The number of rotatable bonds is 3. The van der Waals surface area contributed by atoms with Crippen molar-refractivity contribution in [1.82, 2.24) is 0 Å². The first-order valence-corrected chi connectivity index (χ1v) is 9.98. The second-order valence-corrected chi connectivity index (χ2v) is 7.88. The molecule has 2 saturated heterocycles. The Kier molecular flexibility index (Phi) is 4.26. The first kappa shape index (κ1) is 18.1. The van der Waals surface area contributed by atoms with Crippen molar-refractivity contribution in [3.05, 3.63) is 101 Å². The maximum Gasteiger partial charge on any atom is 0.353 e. The zero-order chi connectivity index (χ0) is 20.0. The second kappa shape index (κ2) is 6.83. The summed E-state index contributed by atoms with van der Waals surface area (Å²) in [5.74, 6) is -1.07. The smallest absolute Gasteiger partial charge is 0.353 e. The number of anilines is 1. The predicted octanol–water partition coefficient (Wildman–Crippen LogP) is 4.55. The molecule has 2 fully saturated rings. The molecule has 2 aliphatic rings. The van der Waals surface area contributed by atoms with Gasteiger partial charge in [-0.3, -0.25) is 9.69 Å². The van der Waals surface area contributed by atoms with E-state index in [4.69, 9.17) is 9.47 Å². The van der Waals surface area contributed by atoms with Crippen molar-refractivity contribution in [2.45, 2.75) is 17.9 Å². The molecule has 29 heavy (non-hydrogen) atoms. The lowest BCUT2D eigenvalue weighted by Crippen LogP contribution is -2.71. The highest BCUT2D eigenvalue weighted by Crippen LogP contribution is 2.54. The number of hydrogen-bond acceptors (Lipinski definition) is 4. The Balaban J connectivity index is 1.57. The number of carbonyl (C=O) groups is 2. The van der Waals surface area contributed by atoms with Gasteiger partial charge in [-0.2, -0.15) is 0 Å². The van der Waals surface area contributed by atoms with Crippen LogP contribution in [-0.2, 0) is 19.1 Å². The molecule has 0 radical (unpaired) electrons. The Labute approximate surface area is 176 Å². The average Bonchev–Trinajstić information content (AvgIpc) is 3.12. The maximum absolute atomic E-state index is 13.3. The van der Waals surface area contributed by atoms with Gasteiger partial charge in [-0.1, -0.05) is 76.6 Å². The fourth-order valence-electron chi connectivity index (χ4n) is 3.90. The minimum Gasteiger partial charge on any atom is -0.429 e. The first-order valence-electron chi connectivity index (χ1n) is 9.19. The van der Waals surface area contributed by atoms with E-state index in [0.29, 0.717) is 11.3 Å². The summed E-state index contributed by atoms with van der Waals surface area (Å²) in [5, 5.41) is 0. The molecule has 0 aliphatic carbocycles. The van der Waals surface area contributed by atoms with E-state index in [9.17, 15) is 9.59 Å². The average molecular weight is 450 g/mol. The van der Waals surface area contributed by atoms with Gasteiger partial charge in [0.1, 0.15) is 6.04 Å². The number of carbonyl (C=O) groups excluding carboxylic acids is 2. The zero-order valence-electron chi connectivity index (χ0n) is 15.2. The third kappa shape index (κ3) is 2.71. The fourth-order valence-corrected chi connectivity index (χ4v) is 4.16. The van der Waals surface area contributed by atoms with Gasteiger partial charge in [0.15, 0.2) is 0 Å². The lowest BCUT2D eigenvalue weighted by Gasteiger charge is -2.50. The minimum absolute atomic E-state index is 0.415. The number of halogens is 1. The summed E-state index contributed by atoms with van der Waals surface area (Å²) in [4.78, 5) is 27.9. The summed E-state index contributed by atoms with van der Waals surface area (Å²) < 4.78 is 12.5. The summed E-state index contributed by atoms with van der Waals surface area (Å²) in [5.41, 5.74) is 0.510. The number of para-hydroxylation sites is 1. The van der Waals surface area contributed by atoms with Crippen molar-refractivity contribution < 1.29 is 19.1 Å². The summed E-state index contributed by atoms with van der Waals surface area (Å²) in [7, 11) is 0. The quantitative estimate of drug-likeness (QED) is 0.334.